The Morgan fingerprint density at radius 1 is 1.56 bits per heavy atom. The van der Waals surface area contributed by atoms with Crippen LogP contribution >= 0.6 is 0 Å². The number of aromatic amines is 2. The average Bonchev–Trinajstić information content (AvgIpc) is 2.93. The lowest BCUT2D eigenvalue weighted by Gasteiger charge is -2.01. The van der Waals surface area contributed by atoms with E-state index in [1.54, 1.807) is 24.1 Å². The molecule has 0 fully saturated rings. The van der Waals surface area contributed by atoms with Crippen LogP contribution in [0.4, 0.5) is 0 Å². The first-order chi connectivity index (χ1) is 8.65. The maximum atomic E-state index is 11.6. The van der Waals surface area contributed by atoms with Gasteiger partial charge in [0.15, 0.2) is 0 Å². The van der Waals surface area contributed by atoms with Gasteiger partial charge in [-0.2, -0.15) is 5.10 Å². The summed E-state index contributed by atoms with van der Waals surface area (Å²) in [6.07, 6.45) is 4.52. The lowest BCUT2D eigenvalue weighted by Crippen LogP contribution is -2.25. The molecule has 8 heteroatoms. The van der Waals surface area contributed by atoms with Crippen LogP contribution < -0.4 is 11.0 Å². The fourth-order valence-electron chi connectivity index (χ4n) is 1.50. The topological polar surface area (TPSA) is 108 Å². The largest absolute Gasteiger partial charge is 0.351 e. The van der Waals surface area contributed by atoms with Crippen molar-refractivity contribution in [2.24, 2.45) is 7.05 Å². The number of rotatable bonds is 5. The fourth-order valence-corrected chi connectivity index (χ4v) is 1.50. The molecule has 0 aliphatic carbocycles. The summed E-state index contributed by atoms with van der Waals surface area (Å²) in [5.41, 5.74) is 0.0770. The molecule has 2 aromatic rings. The monoisotopic (exact) mass is 250 g/mol. The Morgan fingerprint density at radius 3 is 3.00 bits per heavy atom. The third-order valence-corrected chi connectivity index (χ3v) is 2.36. The molecule has 8 nitrogen and oxygen atoms in total. The summed E-state index contributed by atoms with van der Waals surface area (Å²) in [6.45, 7) is 0.504. The van der Waals surface area contributed by atoms with Crippen LogP contribution in [0.1, 0.15) is 22.7 Å². The van der Waals surface area contributed by atoms with Crippen molar-refractivity contribution >= 4 is 5.91 Å². The molecule has 0 saturated heterocycles. The SMILES string of the molecule is Cn1cnc(C(=O)NCCCc2n[nH]c(=O)[nH]2)c1. The van der Waals surface area contributed by atoms with E-state index < -0.39 is 0 Å². The lowest BCUT2D eigenvalue weighted by atomic mass is 10.3. The number of nitrogens with zero attached hydrogens (tertiary/aromatic N) is 3. The van der Waals surface area contributed by atoms with Crippen molar-refractivity contribution in [2.45, 2.75) is 12.8 Å². The van der Waals surface area contributed by atoms with E-state index in [9.17, 15) is 9.59 Å². The van der Waals surface area contributed by atoms with Crippen LogP contribution in [0, 0.1) is 0 Å². The highest BCUT2D eigenvalue weighted by Gasteiger charge is 2.07. The molecule has 0 unspecified atom stereocenters. The zero-order chi connectivity index (χ0) is 13.0. The Balaban J connectivity index is 1.72. The Morgan fingerprint density at radius 2 is 2.39 bits per heavy atom. The highest BCUT2D eigenvalue weighted by molar-refractivity contribution is 5.91. The molecular weight excluding hydrogens is 236 g/mol. The van der Waals surface area contributed by atoms with Crippen molar-refractivity contribution in [3.05, 3.63) is 34.5 Å². The number of hydrogen-bond donors (Lipinski definition) is 3. The summed E-state index contributed by atoms with van der Waals surface area (Å²) in [6, 6.07) is 0. The van der Waals surface area contributed by atoms with E-state index in [2.05, 4.69) is 25.5 Å². The second-order valence-electron chi connectivity index (χ2n) is 3.91. The van der Waals surface area contributed by atoms with Gasteiger partial charge in [-0.1, -0.05) is 0 Å². The molecular formula is C10H14N6O2. The number of aromatic nitrogens is 5. The van der Waals surface area contributed by atoms with Gasteiger partial charge in [-0.15, -0.1) is 0 Å². The molecule has 96 valence electrons. The van der Waals surface area contributed by atoms with E-state index in [1.165, 1.54) is 0 Å². The summed E-state index contributed by atoms with van der Waals surface area (Å²) in [5, 5.41) is 8.80. The highest BCUT2D eigenvalue weighted by Crippen LogP contribution is 1.95. The third-order valence-electron chi connectivity index (χ3n) is 2.36. The number of amides is 1. The van der Waals surface area contributed by atoms with Crippen molar-refractivity contribution in [2.75, 3.05) is 6.54 Å². The molecule has 18 heavy (non-hydrogen) atoms. The van der Waals surface area contributed by atoms with Crippen molar-refractivity contribution in [3.8, 4) is 0 Å². The summed E-state index contributed by atoms with van der Waals surface area (Å²) in [4.78, 5) is 28.9. The van der Waals surface area contributed by atoms with E-state index >= 15 is 0 Å². The normalized spacial score (nSPS) is 10.5. The van der Waals surface area contributed by atoms with Gasteiger partial charge < -0.3 is 9.88 Å². The molecule has 2 rings (SSSR count). The number of carbonyl (C=O) groups is 1. The van der Waals surface area contributed by atoms with Crippen LogP contribution in [-0.4, -0.2) is 37.2 Å². The molecule has 0 aromatic carbocycles. The third kappa shape index (κ3) is 3.06. The molecule has 0 radical (unpaired) electrons. The van der Waals surface area contributed by atoms with Gasteiger partial charge in [-0.3, -0.25) is 9.78 Å². The van der Waals surface area contributed by atoms with Gasteiger partial charge in [0.1, 0.15) is 11.5 Å². The molecule has 0 aliphatic rings. The average molecular weight is 250 g/mol. The van der Waals surface area contributed by atoms with Gasteiger partial charge in [-0.05, 0) is 6.42 Å². The van der Waals surface area contributed by atoms with Gasteiger partial charge in [-0.25, -0.2) is 14.9 Å². The minimum Gasteiger partial charge on any atom is -0.351 e. The Hall–Kier alpha value is -2.38. The van der Waals surface area contributed by atoms with E-state index in [0.717, 1.165) is 0 Å². The van der Waals surface area contributed by atoms with Crippen LogP contribution in [0.15, 0.2) is 17.3 Å². The molecule has 3 N–H and O–H groups in total. The van der Waals surface area contributed by atoms with E-state index in [-0.39, 0.29) is 11.6 Å². The van der Waals surface area contributed by atoms with Gasteiger partial charge in [0.2, 0.25) is 0 Å². The van der Waals surface area contributed by atoms with Crippen LogP contribution in [-0.2, 0) is 13.5 Å². The predicted molar refractivity (Wildman–Crippen MR) is 63.1 cm³/mol. The number of nitrogens with one attached hydrogen (secondary N) is 3. The number of hydrogen-bond acceptors (Lipinski definition) is 4. The Kier molecular flexibility index (Phi) is 3.56. The fraction of sp³-hybridized carbons (Fsp3) is 0.400. The highest BCUT2D eigenvalue weighted by atomic mass is 16.2. The van der Waals surface area contributed by atoms with E-state index in [1.807, 2.05) is 0 Å². The molecule has 1 amide bonds. The van der Waals surface area contributed by atoms with Crippen LogP contribution in [0.5, 0.6) is 0 Å². The summed E-state index contributed by atoms with van der Waals surface area (Å²) in [7, 11) is 1.80. The van der Waals surface area contributed by atoms with E-state index in [0.29, 0.717) is 30.9 Å². The molecule has 0 bridgehead atoms. The molecule has 2 heterocycles. The maximum Gasteiger partial charge on any atom is 0.340 e. The first kappa shape index (κ1) is 12.1. The van der Waals surface area contributed by atoms with Crippen LogP contribution in [0.25, 0.3) is 0 Å². The molecule has 0 spiro atoms. The maximum absolute atomic E-state index is 11.6. The molecule has 0 atom stereocenters. The van der Waals surface area contributed by atoms with Gasteiger partial charge in [0.25, 0.3) is 5.91 Å². The summed E-state index contributed by atoms with van der Waals surface area (Å²) >= 11 is 0. The van der Waals surface area contributed by atoms with Gasteiger partial charge in [0, 0.05) is 26.2 Å². The number of H-pyrrole nitrogens is 2. The molecule has 0 saturated carbocycles. The molecule has 2 aromatic heterocycles. The lowest BCUT2D eigenvalue weighted by molar-refractivity contribution is 0.0948. The van der Waals surface area contributed by atoms with Gasteiger partial charge in [0.05, 0.1) is 6.33 Å². The zero-order valence-corrected chi connectivity index (χ0v) is 9.93. The van der Waals surface area contributed by atoms with Crippen molar-refractivity contribution < 1.29 is 4.79 Å². The second kappa shape index (κ2) is 5.30. The first-order valence-electron chi connectivity index (χ1n) is 5.55. The van der Waals surface area contributed by atoms with Crippen molar-refractivity contribution in [1.82, 2.24) is 30.0 Å². The quantitative estimate of drug-likeness (QED) is 0.603. The van der Waals surface area contributed by atoms with Crippen molar-refractivity contribution in [1.29, 1.82) is 0 Å². The number of aryl methyl sites for hydroxylation is 2. The summed E-state index contributed by atoms with van der Waals surface area (Å²) in [5.74, 6) is 0.387. The first-order valence-corrected chi connectivity index (χ1v) is 5.55. The second-order valence-corrected chi connectivity index (χ2v) is 3.91. The van der Waals surface area contributed by atoms with Crippen LogP contribution in [0.3, 0.4) is 0 Å². The standard InChI is InChI=1S/C10H14N6O2/c1-16-5-7(12-6-16)9(17)11-4-2-3-8-13-10(18)15-14-8/h5-6H,2-4H2,1H3,(H,11,17)(H2,13,14,15,18). The number of imidazole rings is 1. The summed E-state index contributed by atoms with van der Waals surface area (Å²) < 4.78 is 1.71. The Bertz CT molecular complexity index is 581. The Labute approximate surface area is 102 Å². The minimum atomic E-state index is -0.317. The predicted octanol–water partition coefficient (Wildman–Crippen LogP) is -0.806. The van der Waals surface area contributed by atoms with Gasteiger partial charge >= 0.3 is 5.69 Å². The smallest absolute Gasteiger partial charge is 0.340 e. The zero-order valence-electron chi connectivity index (χ0n) is 9.93. The number of carbonyl (C=O) groups excluding carboxylic acids is 1. The van der Waals surface area contributed by atoms with E-state index in [4.69, 9.17) is 0 Å². The minimum absolute atomic E-state index is 0.203. The van der Waals surface area contributed by atoms with Crippen LogP contribution in [0.2, 0.25) is 0 Å². The van der Waals surface area contributed by atoms with Crippen molar-refractivity contribution in [3.63, 3.8) is 0 Å². The molecule has 0 aliphatic heterocycles.